The van der Waals surface area contributed by atoms with Gasteiger partial charge < -0.3 is 4.42 Å². The van der Waals surface area contributed by atoms with E-state index < -0.39 is 51.2 Å². The molecule has 0 N–H and O–H groups in total. The molecule has 5 nitrogen and oxygen atoms in total. The van der Waals surface area contributed by atoms with E-state index >= 15 is 0 Å². The molecule has 0 saturated heterocycles. The first kappa shape index (κ1) is 21.3. The Hall–Kier alpha value is -4.25. The quantitative estimate of drug-likeness (QED) is 0.0944. The van der Waals surface area contributed by atoms with E-state index in [2.05, 4.69) is 9.97 Å². The maximum Gasteiger partial charge on any atom is 0.259 e. The van der Waals surface area contributed by atoms with Crippen molar-refractivity contribution in [2.24, 2.45) is 0 Å². The van der Waals surface area contributed by atoms with Crippen molar-refractivity contribution >= 4 is 50.3 Å². The molecule has 1 aliphatic carbocycles. The molecule has 1 aliphatic rings. The van der Waals surface area contributed by atoms with Crippen LogP contribution in [0.3, 0.4) is 0 Å². The van der Waals surface area contributed by atoms with Crippen LogP contribution in [0.25, 0.3) is 38.0 Å². The third-order valence-electron chi connectivity index (χ3n) is 5.55. The molecule has 0 amide bonds. The van der Waals surface area contributed by atoms with Crippen LogP contribution in [0.4, 0.5) is 22.0 Å². The Morgan fingerprint density at radius 2 is 1.31 bits per heavy atom. The minimum absolute atomic E-state index is 0.0306. The number of hydrogen-bond donors (Lipinski definition) is 0. The largest absolute Gasteiger partial charge is 0.417 e. The zero-order valence-electron chi connectivity index (χ0n) is 17.0. The summed E-state index contributed by atoms with van der Waals surface area (Å²) in [7, 11) is 0. The standard InChI is InChI=1S/C24H7F5N2O3S/c25-15-14(16(26)18(28)19(29)17(15)27)23-31-22-24(35-23)30-13(34-22)7-12-20(32)10-5-8-3-1-2-4-9(8)6-11(10)21(12)33/h1-7H. The van der Waals surface area contributed by atoms with E-state index in [1.54, 1.807) is 24.3 Å². The SMILES string of the molecule is O=C1C(=Cc2nc3sc(-c4c(F)c(F)c(F)c(F)c4F)nc3o2)C(=O)c2cc3ccccc3cc21. The fourth-order valence-corrected chi connectivity index (χ4v) is 4.79. The Balaban J connectivity index is 1.40. The molecule has 0 bridgehead atoms. The van der Waals surface area contributed by atoms with Gasteiger partial charge in [0.2, 0.25) is 11.7 Å². The number of nitrogens with zero attached hydrogens (tertiary/aromatic N) is 2. The third kappa shape index (κ3) is 3.04. The van der Waals surface area contributed by atoms with Crippen LogP contribution in [0.2, 0.25) is 0 Å². The van der Waals surface area contributed by atoms with Crippen molar-refractivity contribution in [3.8, 4) is 10.6 Å². The molecule has 6 rings (SSSR count). The van der Waals surface area contributed by atoms with Crippen LogP contribution in [0, 0.1) is 29.1 Å². The van der Waals surface area contributed by atoms with Crippen LogP contribution >= 0.6 is 11.3 Å². The summed E-state index contributed by atoms with van der Waals surface area (Å²) in [5.41, 5.74) is -1.19. The van der Waals surface area contributed by atoms with Gasteiger partial charge in [-0.25, -0.2) is 22.0 Å². The van der Waals surface area contributed by atoms with Crippen molar-refractivity contribution in [1.82, 2.24) is 9.97 Å². The number of halogens is 5. The molecule has 0 radical (unpaired) electrons. The molecule has 0 atom stereocenters. The number of thiazole rings is 1. The van der Waals surface area contributed by atoms with Crippen LogP contribution in [0.1, 0.15) is 26.6 Å². The predicted octanol–water partition coefficient (Wildman–Crippen LogP) is 6.26. The zero-order valence-corrected chi connectivity index (χ0v) is 17.8. The average molecular weight is 498 g/mol. The van der Waals surface area contributed by atoms with Gasteiger partial charge >= 0.3 is 0 Å². The normalized spacial score (nSPS) is 13.3. The molecule has 0 aliphatic heterocycles. The van der Waals surface area contributed by atoms with Gasteiger partial charge in [0.25, 0.3) is 5.71 Å². The van der Waals surface area contributed by atoms with Gasteiger partial charge in [-0.05, 0) is 22.9 Å². The lowest BCUT2D eigenvalue weighted by atomic mass is 10.0. The van der Waals surface area contributed by atoms with E-state index in [9.17, 15) is 31.5 Å². The van der Waals surface area contributed by atoms with E-state index in [4.69, 9.17) is 4.42 Å². The second-order valence-corrected chi connectivity index (χ2v) is 8.57. The summed E-state index contributed by atoms with van der Waals surface area (Å²) in [5.74, 6) is -11.8. The number of oxazole rings is 1. The molecule has 2 aromatic heterocycles. The van der Waals surface area contributed by atoms with Crippen LogP contribution in [0.5, 0.6) is 0 Å². The lowest BCUT2D eigenvalue weighted by Gasteiger charge is -2.04. The Morgan fingerprint density at radius 3 is 1.86 bits per heavy atom. The summed E-state index contributed by atoms with van der Waals surface area (Å²) in [4.78, 5) is 33.5. The van der Waals surface area contributed by atoms with Gasteiger partial charge in [-0.2, -0.15) is 9.97 Å². The number of fused-ring (bicyclic) bond motifs is 3. The predicted molar refractivity (Wildman–Crippen MR) is 115 cm³/mol. The highest BCUT2D eigenvalue weighted by molar-refractivity contribution is 7.21. The van der Waals surface area contributed by atoms with E-state index in [0.717, 1.165) is 16.8 Å². The molecule has 0 spiro atoms. The summed E-state index contributed by atoms with van der Waals surface area (Å²) in [5, 5.41) is 1.04. The molecule has 5 aromatic rings. The Kier molecular flexibility index (Phi) is 4.49. The van der Waals surface area contributed by atoms with Gasteiger partial charge in [0.05, 0.1) is 11.1 Å². The maximum absolute atomic E-state index is 14.1. The number of allylic oxidation sites excluding steroid dienone is 1. The van der Waals surface area contributed by atoms with Crippen LogP contribution in [-0.4, -0.2) is 21.5 Å². The highest BCUT2D eigenvalue weighted by Crippen LogP contribution is 2.37. The first-order valence-corrected chi connectivity index (χ1v) is 10.7. The summed E-state index contributed by atoms with van der Waals surface area (Å²) in [6.07, 6.45) is 1.13. The summed E-state index contributed by atoms with van der Waals surface area (Å²) < 4.78 is 74.0. The number of hydrogen-bond acceptors (Lipinski definition) is 6. The molecule has 0 unspecified atom stereocenters. The van der Waals surface area contributed by atoms with Crippen molar-refractivity contribution in [1.29, 1.82) is 0 Å². The van der Waals surface area contributed by atoms with Gasteiger partial charge in [0, 0.05) is 17.2 Å². The van der Waals surface area contributed by atoms with Crippen molar-refractivity contribution in [3.05, 3.63) is 88.1 Å². The van der Waals surface area contributed by atoms with Gasteiger partial charge in [-0.1, -0.05) is 35.6 Å². The minimum atomic E-state index is -2.28. The third-order valence-corrected chi connectivity index (χ3v) is 6.50. The Morgan fingerprint density at radius 1 is 0.771 bits per heavy atom. The molecule has 0 fully saturated rings. The summed E-state index contributed by atoms with van der Waals surface area (Å²) in [6, 6.07) is 10.5. The second kappa shape index (κ2) is 7.37. The smallest absolute Gasteiger partial charge is 0.259 e. The Labute approximate surface area is 195 Å². The summed E-state index contributed by atoms with van der Waals surface area (Å²) >= 11 is 0.520. The number of carbonyl (C=O) groups is 2. The fourth-order valence-electron chi connectivity index (χ4n) is 3.88. The van der Waals surface area contributed by atoms with Crippen molar-refractivity contribution in [2.45, 2.75) is 0 Å². The van der Waals surface area contributed by atoms with E-state index in [1.165, 1.54) is 0 Å². The lowest BCUT2D eigenvalue weighted by Crippen LogP contribution is -2.03. The van der Waals surface area contributed by atoms with Crippen LogP contribution in [-0.2, 0) is 0 Å². The monoisotopic (exact) mass is 498 g/mol. The van der Waals surface area contributed by atoms with Gasteiger partial charge in [0.15, 0.2) is 39.7 Å². The maximum atomic E-state index is 14.1. The first-order chi connectivity index (χ1) is 16.7. The second-order valence-electron chi connectivity index (χ2n) is 7.59. The number of carbonyl (C=O) groups excluding carboxylic acids is 2. The first-order valence-electron chi connectivity index (χ1n) is 9.87. The molecule has 11 heteroatoms. The molecule has 35 heavy (non-hydrogen) atoms. The molecular weight excluding hydrogens is 491 g/mol. The van der Waals surface area contributed by atoms with Crippen molar-refractivity contribution < 1.29 is 36.0 Å². The number of ketones is 2. The minimum Gasteiger partial charge on any atom is -0.417 e. The van der Waals surface area contributed by atoms with Gasteiger partial charge in [0.1, 0.15) is 5.01 Å². The molecule has 3 aromatic carbocycles. The average Bonchev–Trinajstić information content (AvgIpc) is 3.48. The summed E-state index contributed by atoms with van der Waals surface area (Å²) in [6.45, 7) is 0. The zero-order chi connectivity index (χ0) is 24.6. The topological polar surface area (TPSA) is 73.1 Å². The van der Waals surface area contributed by atoms with Gasteiger partial charge in [-0.15, -0.1) is 0 Å². The van der Waals surface area contributed by atoms with Crippen molar-refractivity contribution in [3.63, 3.8) is 0 Å². The van der Waals surface area contributed by atoms with Crippen LogP contribution in [0.15, 0.2) is 46.4 Å². The number of Topliss-reactive ketones (excluding diaryl/α,β-unsaturated/α-hetero) is 2. The lowest BCUT2D eigenvalue weighted by molar-refractivity contribution is 0.0990. The highest BCUT2D eigenvalue weighted by Gasteiger charge is 2.34. The number of rotatable bonds is 2. The van der Waals surface area contributed by atoms with Crippen molar-refractivity contribution in [2.75, 3.05) is 0 Å². The Bertz CT molecular complexity index is 1690. The highest BCUT2D eigenvalue weighted by atomic mass is 32.1. The molecular formula is C24H7F5N2O3S. The molecule has 172 valence electrons. The van der Waals surface area contributed by atoms with E-state index in [-0.39, 0.29) is 33.1 Å². The number of aromatic nitrogens is 2. The van der Waals surface area contributed by atoms with E-state index in [1.807, 2.05) is 12.1 Å². The van der Waals surface area contributed by atoms with Crippen LogP contribution < -0.4 is 0 Å². The molecule has 0 saturated carbocycles. The van der Waals surface area contributed by atoms with E-state index in [0.29, 0.717) is 11.3 Å². The fraction of sp³-hybridized carbons (Fsp3) is 0. The molecule has 2 heterocycles. The number of benzene rings is 3. The van der Waals surface area contributed by atoms with Gasteiger partial charge in [-0.3, -0.25) is 9.59 Å².